The normalized spacial score (nSPS) is 20.5. The number of allylic oxidation sites excluding steroid dienone is 5. The lowest BCUT2D eigenvalue weighted by molar-refractivity contribution is 0.0324. The number of phenolic OH excluding ortho intramolecular Hbond substituents is 2. The number of nitrogens with one attached hydrogen (secondary N) is 1. The van der Waals surface area contributed by atoms with E-state index in [1.807, 2.05) is 30.3 Å². The summed E-state index contributed by atoms with van der Waals surface area (Å²) < 4.78 is 0. The quantitative estimate of drug-likeness (QED) is 0.0543. The predicted octanol–water partition coefficient (Wildman–Crippen LogP) is 14.0. The minimum atomic E-state index is -0.210. The number of aliphatic hydroxyl groups excluding tert-OH is 1. The van der Waals surface area contributed by atoms with Crippen LogP contribution in [0.25, 0.3) is 0 Å². The van der Waals surface area contributed by atoms with Crippen molar-refractivity contribution in [2.75, 3.05) is 13.1 Å². The summed E-state index contributed by atoms with van der Waals surface area (Å²) in [5.41, 5.74) is 2.55. The first-order valence-corrected chi connectivity index (χ1v) is 21.9. The molecule has 0 aliphatic heterocycles. The van der Waals surface area contributed by atoms with E-state index in [9.17, 15) is 15.3 Å². The Morgan fingerprint density at radius 3 is 1.72 bits per heavy atom. The smallest absolute Gasteiger partial charge is 0.115 e. The predicted molar refractivity (Wildman–Crippen MR) is 232 cm³/mol. The second-order valence-electron chi connectivity index (χ2n) is 18.3. The first-order chi connectivity index (χ1) is 25.8. The maximum Gasteiger partial charge on any atom is 0.115 e. The molecular formula is C50H79NO3. The molecule has 0 saturated heterocycles. The van der Waals surface area contributed by atoms with Crippen LogP contribution in [-0.4, -0.2) is 28.4 Å². The van der Waals surface area contributed by atoms with Gasteiger partial charge in [0.25, 0.3) is 0 Å². The van der Waals surface area contributed by atoms with Crippen molar-refractivity contribution in [2.24, 2.45) is 28.1 Å². The van der Waals surface area contributed by atoms with Crippen LogP contribution < -0.4 is 5.32 Å². The largest absolute Gasteiger partial charge is 0.508 e. The molecule has 0 heterocycles. The van der Waals surface area contributed by atoms with Gasteiger partial charge in [-0.3, -0.25) is 0 Å². The first-order valence-electron chi connectivity index (χ1n) is 21.9. The van der Waals surface area contributed by atoms with Crippen LogP contribution in [0.5, 0.6) is 11.5 Å². The molecule has 2 aromatic carbocycles. The highest BCUT2D eigenvalue weighted by Gasteiger charge is 2.43. The minimum Gasteiger partial charge on any atom is -0.508 e. The van der Waals surface area contributed by atoms with Crippen molar-refractivity contribution in [1.29, 1.82) is 0 Å². The first kappa shape index (κ1) is 45.4. The molecular weight excluding hydrogens is 663 g/mol. The number of benzene rings is 2. The van der Waals surface area contributed by atoms with Crippen molar-refractivity contribution in [3.8, 4) is 11.5 Å². The molecule has 4 nitrogen and oxygen atoms in total. The molecule has 2 aromatic rings. The Morgan fingerprint density at radius 2 is 1.17 bits per heavy atom. The van der Waals surface area contributed by atoms with Gasteiger partial charge in [-0.2, -0.15) is 0 Å². The van der Waals surface area contributed by atoms with Gasteiger partial charge in [0.05, 0.1) is 0 Å². The van der Waals surface area contributed by atoms with E-state index in [0.29, 0.717) is 23.2 Å². The van der Waals surface area contributed by atoms with E-state index >= 15 is 0 Å². The zero-order valence-electron chi connectivity index (χ0n) is 35.4. The molecule has 0 spiro atoms. The summed E-state index contributed by atoms with van der Waals surface area (Å²) in [7, 11) is 0. The Hall–Kier alpha value is -2.98. The number of aromatic hydroxyl groups is 2. The summed E-state index contributed by atoms with van der Waals surface area (Å²) in [5, 5.41) is 34.3. The molecule has 1 aliphatic carbocycles. The molecule has 0 amide bonds. The van der Waals surface area contributed by atoms with Crippen LogP contribution in [0.1, 0.15) is 162 Å². The highest BCUT2D eigenvalue weighted by Crippen LogP contribution is 2.51. The van der Waals surface area contributed by atoms with Gasteiger partial charge in [0.2, 0.25) is 0 Å². The molecule has 1 aliphatic rings. The van der Waals surface area contributed by atoms with Gasteiger partial charge in [-0.25, -0.2) is 0 Å². The van der Waals surface area contributed by atoms with Gasteiger partial charge < -0.3 is 20.6 Å². The third-order valence-electron chi connectivity index (χ3n) is 12.2. The van der Waals surface area contributed by atoms with E-state index in [4.69, 9.17) is 0 Å². The highest BCUT2D eigenvalue weighted by molar-refractivity contribution is 5.28. The molecule has 0 fully saturated rings. The van der Waals surface area contributed by atoms with E-state index in [0.717, 1.165) is 38.8 Å². The third-order valence-corrected chi connectivity index (χ3v) is 12.2. The van der Waals surface area contributed by atoms with Crippen LogP contribution >= 0.6 is 0 Å². The average molecular weight is 742 g/mol. The van der Waals surface area contributed by atoms with Gasteiger partial charge in [-0.05, 0) is 135 Å². The monoisotopic (exact) mass is 742 g/mol. The summed E-state index contributed by atoms with van der Waals surface area (Å²) >= 11 is 0. The van der Waals surface area contributed by atoms with Crippen molar-refractivity contribution in [3.05, 3.63) is 95.8 Å². The van der Waals surface area contributed by atoms with Crippen LogP contribution in [0.4, 0.5) is 0 Å². The summed E-state index contributed by atoms with van der Waals surface area (Å²) in [6.07, 6.45) is 34.2. The van der Waals surface area contributed by atoms with Gasteiger partial charge in [0.1, 0.15) is 17.3 Å². The van der Waals surface area contributed by atoms with E-state index in [1.165, 1.54) is 107 Å². The molecule has 0 radical (unpaired) electrons. The van der Waals surface area contributed by atoms with Crippen LogP contribution in [0.2, 0.25) is 0 Å². The number of aliphatic hydroxyl groups is 1. The van der Waals surface area contributed by atoms with Gasteiger partial charge in [-0.1, -0.05) is 155 Å². The average Bonchev–Trinajstić information content (AvgIpc) is 3.11. The number of hydrogen-bond donors (Lipinski definition) is 4. The van der Waals surface area contributed by atoms with Crippen molar-refractivity contribution in [2.45, 2.75) is 164 Å². The fourth-order valence-electron chi connectivity index (χ4n) is 9.29. The molecule has 0 bridgehead atoms. The van der Waals surface area contributed by atoms with E-state index in [1.54, 1.807) is 12.1 Å². The maximum absolute atomic E-state index is 11.1. The second-order valence-corrected chi connectivity index (χ2v) is 18.3. The molecule has 0 saturated carbocycles. The Balaban J connectivity index is 1.56. The number of rotatable bonds is 27. The molecule has 54 heavy (non-hydrogen) atoms. The van der Waals surface area contributed by atoms with Crippen LogP contribution in [0.3, 0.4) is 0 Å². The molecule has 4 N–H and O–H groups in total. The van der Waals surface area contributed by atoms with Crippen molar-refractivity contribution >= 4 is 0 Å². The molecule has 4 heteroatoms. The fraction of sp³-hybridized carbons (Fsp3) is 0.640. The lowest BCUT2D eigenvalue weighted by atomic mass is 9.56. The van der Waals surface area contributed by atoms with Gasteiger partial charge in [-0.15, -0.1) is 0 Å². The Bertz CT molecular complexity index is 1420. The number of unbranched alkanes of at least 4 members (excludes halogenated alkanes) is 11. The molecule has 0 aromatic heterocycles. The molecule has 302 valence electrons. The topological polar surface area (TPSA) is 72.7 Å². The van der Waals surface area contributed by atoms with Crippen molar-refractivity contribution in [3.63, 3.8) is 0 Å². The third kappa shape index (κ3) is 17.2. The summed E-state index contributed by atoms with van der Waals surface area (Å²) in [4.78, 5) is 0. The Labute approximate surface area is 331 Å². The van der Waals surface area contributed by atoms with Crippen molar-refractivity contribution in [1.82, 2.24) is 5.32 Å². The number of phenols is 2. The van der Waals surface area contributed by atoms with Crippen LogP contribution in [-0.2, 0) is 12.8 Å². The Morgan fingerprint density at radius 1 is 0.648 bits per heavy atom. The minimum absolute atomic E-state index is 0.146. The zero-order valence-corrected chi connectivity index (χ0v) is 35.4. The highest BCUT2D eigenvalue weighted by atomic mass is 16.3. The van der Waals surface area contributed by atoms with Gasteiger partial charge >= 0.3 is 0 Å². The maximum atomic E-state index is 11.1. The molecule has 3 atom stereocenters. The summed E-state index contributed by atoms with van der Waals surface area (Å²) in [6, 6.07) is 15.3. The van der Waals surface area contributed by atoms with E-state index in [-0.39, 0.29) is 22.2 Å². The molecule has 3 unspecified atom stereocenters. The summed E-state index contributed by atoms with van der Waals surface area (Å²) in [6.45, 7) is 16.6. The van der Waals surface area contributed by atoms with E-state index < -0.39 is 0 Å². The fourth-order valence-corrected chi connectivity index (χ4v) is 9.29. The van der Waals surface area contributed by atoms with E-state index in [2.05, 4.69) is 83.3 Å². The molecule has 3 rings (SSSR count). The number of hydrogen-bond acceptors (Lipinski definition) is 4. The summed E-state index contributed by atoms with van der Waals surface area (Å²) in [5.74, 6) is 1.83. The lowest BCUT2D eigenvalue weighted by Gasteiger charge is -2.48. The van der Waals surface area contributed by atoms with Gasteiger partial charge in [0, 0.05) is 5.41 Å². The van der Waals surface area contributed by atoms with Gasteiger partial charge in [0.15, 0.2) is 0 Å². The Kier molecular flexibility index (Phi) is 20.0. The zero-order chi connectivity index (χ0) is 39.3. The SMILES string of the molecule is CCCCCCCC(C)(C)C(C1/C=C\C(O)=C/C(C)(CCNCCCCCCc2cccc(O)c2)/C=C\1)C(C)(C)CCCCCCCc1cccc(O)c1. The lowest BCUT2D eigenvalue weighted by Crippen LogP contribution is -2.41. The van der Waals surface area contributed by atoms with Crippen LogP contribution in [0.15, 0.2) is 84.7 Å². The standard InChI is InChI=1S/C50H79NO3/c1-7-8-9-13-18-32-48(2,3)47(49(4,5)33-19-14-10-11-16-23-41-25-21-27-44(52)38-41)43-29-30-46(54)40-50(6,34-31-43)35-37-51-36-20-15-12-17-24-42-26-22-28-45(53)39-42/h21-22,25-31,34,38-40,43,47,51-54H,7-20,23-24,32-33,35-37H2,1-6H3/b30-29-,34-31-,46-40+. The van der Waals surface area contributed by atoms with Crippen molar-refractivity contribution < 1.29 is 15.3 Å². The van der Waals surface area contributed by atoms with Crippen LogP contribution in [0, 0.1) is 28.1 Å². The second kappa shape index (κ2) is 23.8. The number of aryl methyl sites for hydroxylation is 2.